The van der Waals surface area contributed by atoms with Gasteiger partial charge in [-0.25, -0.2) is 4.98 Å². The number of anilines is 2. The van der Waals surface area contributed by atoms with Crippen molar-refractivity contribution >= 4 is 11.5 Å². The van der Waals surface area contributed by atoms with Crippen LogP contribution in [0.2, 0.25) is 0 Å². The zero-order valence-electron chi connectivity index (χ0n) is 20.0. The van der Waals surface area contributed by atoms with Crippen molar-refractivity contribution in [2.75, 3.05) is 49.1 Å². The van der Waals surface area contributed by atoms with Gasteiger partial charge in [-0.2, -0.15) is 4.98 Å². The quantitative estimate of drug-likeness (QED) is 0.579. The number of benzene rings is 1. The predicted molar refractivity (Wildman–Crippen MR) is 132 cm³/mol. The summed E-state index contributed by atoms with van der Waals surface area (Å²) in [5.74, 6) is 3.13. The number of aryl methyl sites for hydroxylation is 2. The van der Waals surface area contributed by atoms with E-state index in [0.29, 0.717) is 18.3 Å². The van der Waals surface area contributed by atoms with Crippen molar-refractivity contribution in [3.63, 3.8) is 0 Å². The summed E-state index contributed by atoms with van der Waals surface area (Å²) >= 11 is 0. The summed E-state index contributed by atoms with van der Waals surface area (Å²) in [4.78, 5) is 16.5. The van der Waals surface area contributed by atoms with Gasteiger partial charge >= 0.3 is 0 Å². The van der Waals surface area contributed by atoms with Gasteiger partial charge in [0.25, 0.3) is 0 Å². The van der Waals surface area contributed by atoms with E-state index in [1.165, 1.54) is 29.7 Å². The summed E-state index contributed by atoms with van der Waals surface area (Å²) in [7, 11) is 0. The van der Waals surface area contributed by atoms with Gasteiger partial charge in [0.2, 0.25) is 11.7 Å². The van der Waals surface area contributed by atoms with Crippen molar-refractivity contribution < 1.29 is 4.52 Å². The number of rotatable bonds is 5. The van der Waals surface area contributed by atoms with Gasteiger partial charge in [0.1, 0.15) is 5.82 Å². The summed E-state index contributed by atoms with van der Waals surface area (Å²) in [6.07, 6.45) is 4.33. The second-order valence-electron chi connectivity index (χ2n) is 9.64. The van der Waals surface area contributed by atoms with Crippen LogP contribution in [-0.4, -0.2) is 59.3 Å². The molecule has 5 rings (SSSR count). The van der Waals surface area contributed by atoms with Crippen LogP contribution in [0.1, 0.15) is 36.8 Å². The van der Waals surface area contributed by atoms with E-state index < -0.39 is 0 Å². The van der Waals surface area contributed by atoms with Crippen LogP contribution in [0.25, 0.3) is 11.4 Å². The SMILES string of the molecule is Cc1ccc(C)c(N2CCN(Cc3nc(-c4ccc(N5CCC(C)CC5)nc4)no3)CC2)c1. The van der Waals surface area contributed by atoms with E-state index >= 15 is 0 Å². The van der Waals surface area contributed by atoms with Crippen LogP contribution < -0.4 is 9.80 Å². The molecule has 2 saturated heterocycles. The molecule has 2 aliphatic heterocycles. The molecule has 1 aromatic carbocycles. The van der Waals surface area contributed by atoms with Crippen LogP contribution in [0, 0.1) is 19.8 Å². The number of piperazine rings is 1. The molecule has 0 unspecified atom stereocenters. The minimum Gasteiger partial charge on any atom is -0.369 e. The Morgan fingerprint density at radius 3 is 2.45 bits per heavy atom. The number of aromatic nitrogens is 3. The third-order valence-corrected chi connectivity index (χ3v) is 7.02. The minimum absolute atomic E-state index is 0.616. The summed E-state index contributed by atoms with van der Waals surface area (Å²) < 4.78 is 5.57. The monoisotopic (exact) mass is 446 g/mol. The Morgan fingerprint density at radius 2 is 1.73 bits per heavy atom. The fraction of sp³-hybridized carbons (Fsp3) is 0.500. The van der Waals surface area contributed by atoms with Gasteiger partial charge < -0.3 is 14.3 Å². The molecule has 174 valence electrons. The summed E-state index contributed by atoms with van der Waals surface area (Å²) in [5, 5.41) is 4.21. The largest absolute Gasteiger partial charge is 0.369 e. The van der Waals surface area contributed by atoms with Gasteiger partial charge in [-0.15, -0.1) is 0 Å². The van der Waals surface area contributed by atoms with Gasteiger partial charge in [0.15, 0.2) is 0 Å². The van der Waals surface area contributed by atoms with E-state index in [4.69, 9.17) is 4.52 Å². The highest BCUT2D eigenvalue weighted by molar-refractivity contribution is 5.56. The molecule has 0 amide bonds. The maximum atomic E-state index is 5.57. The maximum Gasteiger partial charge on any atom is 0.241 e. The van der Waals surface area contributed by atoms with Crippen LogP contribution in [0.5, 0.6) is 0 Å². The first kappa shape index (κ1) is 21.9. The number of hydrogen-bond donors (Lipinski definition) is 0. The third-order valence-electron chi connectivity index (χ3n) is 7.02. The molecule has 0 N–H and O–H groups in total. The lowest BCUT2D eigenvalue weighted by Gasteiger charge is -2.36. The fourth-order valence-electron chi connectivity index (χ4n) is 4.78. The summed E-state index contributed by atoms with van der Waals surface area (Å²) in [6.45, 7) is 13.5. The first-order chi connectivity index (χ1) is 16.0. The van der Waals surface area contributed by atoms with Gasteiger partial charge in [0.05, 0.1) is 6.54 Å². The van der Waals surface area contributed by atoms with Crippen LogP contribution >= 0.6 is 0 Å². The normalized spacial score (nSPS) is 18.2. The highest BCUT2D eigenvalue weighted by Crippen LogP contribution is 2.25. The average molecular weight is 447 g/mol. The van der Waals surface area contributed by atoms with E-state index in [-0.39, 0.29) is 0 Å². The fourth-order valence-corrected chi connectivity index (χ4v) is 4.78. The number of nitrogens with zero attached hydrogens (tertiary/aromatic N) is 6. The van der Waals surface area contributed by atoms with E-state index in [1.54, 1.807) is 0 Å². The Bertz CT molecular complexity index is 1060. The van der Waals surface area contributed by atoms with Crippen LogP contribution in [0.3, 0.4) is 0 Å². The third kappa shape index (κ3) is 5.03. The molecule has 3 aromatic rings. The molecule has 0 bridgehead atoms. The molecule has 33 heavy (non-hydrogen) atoms. The Morgan fingerprint density at radius 1 is 0.939 bits per heavy atom. The van der Waals surface area contributed by atoms with E-state index in [2.05, 4.69) is 80.9 Å². The first-order valence-corrected chi connectivity index (χ1v) is 12.1. The molecule has 7 heteroatoms. The van der Waals surface area contributed by atoms with Gasteiger partial charge in [-0.1, -0.05) is 24.2 Å². The van der Waals surface area contributed by atoms with Crippen molar-refractivity contribution in [1.29, 1.82) is 0 Å². The molecule has 4 heterocycles. The molecule has 2 aliphatic rings. The van der Waals surface area contributed by atoms with E-state index in [9.17, 15) is 0 Å². The second kappa shape index (κ2) is 9.51. The zero-order chi connectivity index (χ0) is 22.8. The van der Waals surface area contributed by atoms with Gasteiger partial charge in [-0.3, -0.25) is 4.90 Å². The molecule has 0 spiro atoms. The van der Waals surface area contributed by atoms with Gasteiger partial charge in [-0.05, 0) is 61.9 Å². The molecular formula is C26H34N6O. The van der Waals surface area contributed by atoms with Crippen molar-refractivity contribution in [1.82, 2.24) is 20.0 Å². The van der Waals surface area contributed by atoms with Crippen LogP contribution in [-0.2, 0) is 6.54 Å². The molecule has 0 aliphatic carbocycles. The number of pyridine rings is 1. The summed E-state index contributed by atoms with van der Waals surface area (Å²) in [6, 6.07) is 10.8. The van der Waals surface area contributed by atoms with Crippen molar-refractivity contribution in [2.24, 2.45) is 5.92 Å². The van der Waals surface area contributed by atoms with E-state index in [0.717, 1.165) is 56.6 Å². The smallest absolute Gasteiger partial charge is 0.241 e. The maximum absolute atomic E-state index is 5.57. The van der Waals surface area contributed by atoms with Crippen molar-refractivity contribution in [3.05, 3.63) is 53.5 Å². The average Bonchev–Trinajstić information content (AvgIpc) is 3.30. The molecule has 0 atom stereocenters. The lowest BCUT2D eigenvalue weighted by molar-refractivity contribution is 0.215. The highest BCUT2D eigenvalue weighted by atomic mass is 16.5. The topological polar surface area (TPSA) is 61.5 Å². The lowest BCUT2D eigenvalue weighted by Crippen LogP contribution is -2.46. The summed E-state index contributed by atoms with van der Waals surface area (Å²) in [5.41, 5.74) is 4.90. The van der Waals surface area contributed by atoms with Crippen molar-refractivity contribution in [3.8, 4) is 11.4 Å². The Kier molecular flexibility index (Phi) is 6.31. The molecule has 7 nitrogen and oxygen atoms in total. The zero-order valence-corrected chi connectivity index (χ0v) is 20.0. The van der Waals surface area contributed by atoms with E-state index in [1.807, 2.05) is 6.20 Å². The number of piperidine rings is 1. The Hall–Kier alpha value is -2.93. The van der Waals surface area contributed by atoms with Gasteiger partial charge in [0, 0.05) is 56.7 Å². The van der Waals surface area contributed by atoms with Crippen LogP contribution in [0.4, 0.5) is 11.5 Å². The minimum atomic E-state index is 0.616. The molecule has 2 fully saturated rings. The lowest BCUT2D eigenvalue weighted by atomic mass is 9.99. The number of hydrogen-bond acceptors (Lipinski definition) is 7. The predicted octanol–water partition coefficient (Wildman–Crippen LogP) is 4.31. The molecule has 2 aromatic heterocycles. The standard InChI is InChI=1S/C26H34N6O/c1-19-8-10-32(11-9-19)24-7-6-22(17-27-24)26-28-25(33-29-26)18-30-12-14-31(15-13-30)23-16-20(2)4-5-21(23)3/h4-7,16-17,19H,8-15,18H2,1-3H3. The molecule has 0 radical (unpaired) electrons. The molecular weight excluding hydrogens is 412 g/mol. The Balaban J connectivity index is 1.17. The van der Waals surface area contributed by atoms with Crippen LogP contribution in [0.15, 0.2) is 41.1 Å². The highest BCUT2D eigenvalue weighted by Gasteiger charge is 2.21. The first-order valence-electron chi connectivity index (χ1n) is 12.1. The van der Waals surface area contributed by atoms with Crippen molar-refractivity contribution in [2.45, 2.75) is 40.2 Å². The Labute approximate surface area is 196 Å². The molecule has 0 saturated carbocycles. The second-order valence-corrected chi connectivity index (χ2v) is 9.64.